The zero-order valence-electron chi connectivity index (χ0n) is 16.0. The van der Waals surface area contributed by atoms with Crippen molar-refractivity contribution in [3.8, 4) is 0 Å². The smallest absolute Gasteiger partial charge is 0.227 e. The van der Waals surface area contributed by atoms with Crippen molar-refractivity contribution < 1.29 is 18.0 Å². The van der Waals surface area contributed by atoms with E-state index in [0.29, 0.717) is 32.1 Å². The monoisotopic (exact) mass is 392 g/mol. The van der Waals surface area contributed by atoms with Gasteiger partial charge in [-0.05, 0) is 50.7 Å². The molecule has 0 radical (unpaired) electrons. The van der Waals surface area contributed by atoms with Gasteiger partial charge in [0, 0.05) is 30.6 Å². The topological polar surface area (TPSA) is 83.6 Å². The number of anilines is 1. The van der Waals surface area contributed by atoms with Gasteiger partial charge in [0.2, 0.25) is 11.8 Å². The fraction of sp³-hybridized carbons (Fsp3) is 0.600. The molecule has 0 bridgehead atoms. The van der Waals surface area contributed by atoms with Crippen LogP contribution in [0, 0.1) is 18.8 Å². The average molecular weight is 393 g/mol. The maximum atomic E-state index is 12.7. The molecule has 1 heterocycles. The standard InChI is InChI=1S/C20H28N2O4S/c1-14-5-3-4-6-18(14)21-19(23)15-7-9-16(10-8-15)20(24)22(2)17-11-12-27(25,26)13-17/h3-6,15-17H,7-13H2,1-2H3,(H,21,23). The molecule has 2 aliphatic rings. The molecule has 1 saturated carbocycles. The van der Waals surface area contributed by atoms with Crippen LogP contribution in [0.15, 0.2) is 24.3 Å². The number of hydrogen-bond acceptors (Lipinski definition) is 4. The lowest BCUT2D eigenvalue weighted by Crippen LogP contribution is -2.42. The Bertz CT molecular complexity index is 813. The minimum Gasteiger partial charge on any atom is -0.341 e. The van der Waals surface area contributed by atoms with Gasteiger partial charge in [0.1, 0.15) is 0 Å². The van der Waals surface area contributed by atoms with Crippen LogP contribution in [0.4, 0.5) is 5.69 Å². The van der Waals surface area contributed by atoms with Gasteiger partial charge >= 0.3 is 0 Å². The van der Waals surface area contributed by atoms with E-state index in [2.05, 4.69) is 5.32 Å². The normalized spacial score (nSPS) is 27.1. The Labute approximate surface area is 161 Å². The third-order valence-electron chi connectivity index (χ3n) is 5.95. The molecule has 1 saturated heterocycles. The molecular formula is C20H28N2O4S. The number of para-hydroxylation sites is 1. The highest BCUT2D eigenvalue weighted by Gasteiger charge is 2.37. The van der Waals surface area contributed by atoms with E-state index in [-0.39, 0.29) is 41.2 Å². The van der Waals surface area contributed by atoms with Crippen LogP contribution in [0.1, 0.15) is 37.7 Å². The van der Waals surface area contributed by atoms with E-state index in [1.54, 1.807) is 11.9 Å². The van der Waals surface area contributed by atoms with Crippen LogP contribution in [-0.2, 0) is 19.4 Å². The lowest BCUT2D eigenvalue weighted by molar-refractivity contribution is -0.138. The van der Waals surface area contributed by atoms with Gasteiger partial charge in [0.15, 0.2) is 9.84 Å². The molecule has 6 nitrogen and oxygen atoms in total. The number of carbonyl (C=O) groups is 2. The molecule has 27 heavy (non-hydrogen) atoms. The number of nitrogens with zero attached hydrogens (tertiary/aromatic N) is 1. The van der Waals surface area contributed by atoms with Crippen LogP contribution in [-0.4, -0.2) is 49.7 Å². The molecule has 2 fully saturated rings. The molecule has 7 heteroatoms. The largest absolute Gasteiger partial charge is 0.341 e. The molecule has 1 atom stereocenters. The summed E-state index contributed by atoms with van der Waals surface area (Å²) in [6, 6.07) is 7.49. The van der Waals surface area contributed by atoms with Crippen molar-refractivity contribution in [3.05, 3.63) is 29.8 Å². The zero-order valence-corrected chi connectivity index (χ0v) is 16.8. The molecule has 1 unspecified atom stereocenters. The summed E-state index contributed by atoms with van der Waals surface area (Å²) in [5.74, 6) is 0.0942. The highest BCUT2D eigenvalue weighted by Crippen LogP contribution is 2.32. The number of sulfone groups is 1. The summed E-state index contributed by atoms with van der Waals surface area (Å²) < 4.78 is 23.3. The van der Waals surface area contributed by atoms with E-state index < -0.39 is 9.84 Å². The number of nitrogens with one attached hydrogen (secondary N) is 1. The number of carbonyl (C=O) groups excluding carboxylic acids is 2. The Morgan fingerprint density at radius 1 is 1.04 bits per heavy atom. The first kappa shape index (κ1) is 19.9. The highest BCUT2D eigenvalue weighted by atomic mass is 32.2. The van der Waals surface area contributed by atoms with Crippen LogP contribution in [0.25, 0.3) is 0 Å². The second-order valence-electron chi connectivity index (χ2n) is 7.86. The van der Waals surface area contributed by atoms with Gasteiger partial charge in [-0.2, -0.15) is 0 Å². The van der Waals surface area contributed by atoms with Gasteiger partial charge in [-0.1, -0.05) is 18.2 Å². The summed E-state index contributed by atoms with van der Waals surface area (Å²) in [4.78, 5) is 26.9. The average Bonchev–Trinajstić information content (AvgIpc) is 3.02. The van der Waals surface area contributed by atoms with E-state index in [0.717, 1.165) is 11.3 Å². The summed E-state index contributed by atoms with van der Waals surface area (Å²) in [5, 5.41) is 3.00. The van der Waals surface area contributed by atoms with Crippen LogP contribution >= 0.6 is 0 Å². The summed E-state index contributed by atoms with van der Waals surface area (Å²) >= 11 is 0. The Morgan fingerprint density at radius 2 is 1.67 bits per heavy atom. The molecule has 1 N–H and O–H groups in total. The summed E-state index contributed by atoms with van der Waals surface area (Å²) in [7, 11) is -1.29. The number of amides is 2. The Morgan fingerprint density at radius 3 is 2.26 bits per heavy atom. The SMILES string of the molecule is Cc1ccccc1NC(=O)C1CCC(C(=O)N(C)C2CCS(=O)(=O)C2)CC1. The van der Waals surface area contributed by atoms with Crippen LogP contribution in [0.2, 0.25) is 0 Å². The van der Waals surface area contributed by atoms with Crippen LogP contribution in [0.3, 0.4) is 0 Å². The number of benzene rings is 1. The molecule has 2 amide bonds. The molecule has 1 aliphatic carbocycles. The summed E-state index contributed by atoms with van der Waals surface area (Å²) in [6.07, 6.45) is 3.25. The Kier molecular flexibility index (Phi) is 5.89. The van der Waals surface area contributed by atoms with Crippen LogP contribution < -0.4 is 5.32 Å². The maximum absolute atomic E-state index is 12.7. The van der Waals surface area contributed by atoms with Gasteiger partial charge in [-0.3, -0.25) is 9.59 Å². The second kappa shape index (κ2) is 8.00. The molecular weight excluding hydrogens is 364 g/mol. The number of hydrogen-bond donors (Lipinski definition) is 1. The molecule has 148 valence electrons. The summed E-state index contributed by atoms with van der Waals surface area (Å²) in [6.45, 7) is 1.96. The molecule has 0 aromatic heterocycles. The fourth-order valence-corrected chi connectivity index (χ4v) is 5.87. The first-order valence-electron chi connectivity index (χ1n) is 9.60. The van der Waals surface area contributed by atoms with Crippen molar-refractivity contribution in [1.82, 2.24) is 4.90 Å². The Hall–Kier alpha value is -1.89. The van der Waals surface area contributed by atoms with E-state index >= 15 is 0 Å². The maximum Gasteiger partial charge on any atom is 0.227 e. The minimum absolute atomic E-state index is 0.0189. The van der Waals surface area contributed by atoms with E-state index in [1.165, 1.54) is 0 Å². The molecule has 0 spiro atoms. The third kappa shape index (κ3) is 4.69. The first-order chi connectivity index (χ1) is 12.8. The van der Waals surface area contributed by atoms with Crippen molar-refractivity contribution in [2.45, 2.75) is 45.1 Å². The molecule has 1 aromatic carbocycles. The molecule has 1 aromatic rings. The predicted octanol–water partition coefficient (Wildman–Crippen LogP) is 2.39. The van der Waals surface area contributed by atoms with Crippen molar-refractivity contribution in [2.75, 3.05) is 23.9 Å². The van der Waals surface area contributed by atoms with E-state index in [4.69, 9.17) is 0 Å². The first-order valence-corrected chi connectivity index (χ1v) is 11.4. The van der Waals surface area contributed by atoms with Gasteiger partial charge in [0.05, 0.1) is 11.5 Å². The third-order valence-corrected chi connectivity index (χ3v) is 7.70. The van der Waals surface area contributed by atoms with E-state index in [9.17, 15) is 18.0 Å². The van der Waals surface area contributed by atoms with Crippen molar-refractivity contribution in [1.29, 1.82) is 0 Å². The van der Waals surface area contributed by atoms with Gasteiger partial charge in [-0.25, -0.2) is 8.42 Å². The van der Waals surface area contributed by atoms with E-state index in [1.807, 2.05) is 31.2 Å². The lowest BCUT2D eigenvalue weighted by Gasteiger charge is -2.32. The number of rotatable bonds is 4. The van der Waals surface area contributed by atoms with Crippen molar-refractivity contribution in [3.63, 3.8) is 0 Å². The highest BCUT2D eigenvalue weighted by molar-refractivity contribution is 7.91. The van der Waals surface area contributed by atoms with Gasteiger partial charge in [-0.15, -0.1) is 0 Å². The van der Waals surface area contributed by atoms with Gasteiger partial charge in [0.25, 0.3) is 0 Å². The molecule has 3 rings (SSSR count). The van der Waals surface area contributed by atoms with Crippen molar-refractivity contribution in [2.24, 2.45) is 11.8 Å². The lowest BCUT2D eigenvalue weighted by atomic mass is 9.80. The molecule has 1 aliphatic heterocycles. The second-order valence-corrected chi connectivity index (χ2v) is 10.1. The zero-order chi connectivity index (χ0) is 19.6. The van der Waals surface area contributed by atoms with Gasteiger partial charge < -0.3 is 10.2 Å². The van der Waals surface area contributed by atoms with Crippen molar-refractivity contribution >= 4 is 27.3 Å². The fourth-order valence-electron chi connectivity index (χ4n) is 4.10. The Balaban J connectivity index is 1.51. The predicted molar refractivity (Wildman–Crippen MR) is 105 cm³/mol. The number of aryl methyl sites for hydroxylation is 1. The van der Waals surface area contributed by atoms with Crippen LogP contribution in [0.5, 0.6) is 0 Å². The minimum atomic E-state index is -3.00. The summed E-state index contributed by atoms with van der Waals surface area (Å²) in [5.41, 5.74) is 1.87. The quantitative estimate of drug-likeness (QED) is 0.853.